The molecule has 0 spiro atoms. The summed E-state index contributed by atoms with van der Waals surface area (Å²) in [7, 11) is -0.747. The van der Waals surface area contributed by atoms with Gasteiger partial charge in [0.15, 0.2) is 11.5 Å². The summed E-state index contributed by atoms with van der Waals surface area (Å²) >= 11 is 0. The molecule has 4 aliphatic rings. The second kappa shape index (κ2) is 10.5. The standard InChI is InChI=1S/C19H27NO3.C10H16O4S/c1-12(2)7-14-11-20-6-5-13-8-18(22-3)19(23-4)9-15(13)16(20)10-17(14)21;1-9(2)7-3-4-10(9,8(11)5-7)6-15(12,13)14/h8-9,12,14,16H,5-7,10-11H2,1-4H3;7H,3-6H2,1-2H3,(H,12,13,14)/t14-,16-;7-,10-/m00/s1. The van der Waals surface area contributed by atoms with Crippen LogP contribution in [0, 0.1) is 28.6 Å². The molecule has 212 valence electrons. The third-order valence-corrected chi connectivity index (χ3v) is 10.6. The van der Waals surface area contributed by atoms with Gasteiger partial charge in [0.05, 0.1) is 25.4 Å². The molecule has 1 N–H and O–H groups in total. The highest BCUT2D eigenvalue weighted by molar-refractivity contribution is 7.85. The van der Waals surface area contributed by atoms with Crippen LogP contribution in [0.1, 0.15) is 77.0 Å². The smallest absolute Gasteiger partial charge is 0.265 e. The Morgan fingerprint density at radius 2 is 1.76 bits per heavy atom. The number of carbonyl (C=O) groups is 2. The van der Waals surface area contributed by atoms with Crippen molar-refractivity contribution < 1.29 is 32.0 Å². The minimum Gasteiger partial charge on any atom is -0.493 e. The first kappa shape index (κ1) is 29.0. The summed E-state index contributed by atoms with van der Waals surface area (Å²) in [6, 6.07) is 4.35. The molecule has 2 saturated carbocycles. The van der Waals surface area contributed by atoms with E-state index in [1.54, 1.807) is 14.2 Å². The van der Waals surface area contributed by atoms with Crippen molar-refractivity contribution in [1.82, 2.24) is 4.90 Å². The summed E-state index contributed by atoms with van der Waals surface area (Å²) in [5.74, 6) is 2.62. The molecule has 1 aromatic rings. The second-order valence-electron chi connectivity index (χ2n) is 12.6. The summed E-state index contributed by atoms with van der Waals surface area (Å²) < 4.78 is 41.8. The maximum absolute atomic E-state index is 12.6. The van der Waals surface area contributed by atoms with Gasteiger partial charge in [0.25, 0.3) is 10.1 Å². The third kappa shape index (κ3) is 5.26. The highest BCUT2D eigenvalue weighted by atomic mass is 32.2. The molecule has 1 aromatic carbocycles. The van der Waals surface area contributed by atoms with Crippen molar-refractivity contribution in [3.63, 3.8) is 0 Å². The van der Waals surface area contributed by atoms with Gasteiger partial charge >= 0.3 is 0 Å². The van der Waals surface area contributed by atoms with Gasteiger partial charge in [-0.05, 0) is 66.2 Å². The van der Waals surface area contributed by atoms with Gasteiger partial charge in [-0.2, -0.15) is 8.42 Å². The van der Waals surface area contributed by atoms with Crippen LogP contribution < -0.4 is 9.47 Å². The predicted octanol–water partition coefficient (Wildman–Crippen LogP) is 4.51. The van der Waals surface area contributed by atoms with E-state index in [1.165, 1.54) is 11.1 Å². The molecule has 2 aliphatic carbocycles. The number of hydrogen-bond acceptors (Lipinski definition) is 7. The monoisotopic (exact) mass is 549 g/mol. The van der Waals surface area contributed by atoms with Gasteiger partial charge in [-0.15, -0.1) is 0 Å². The maximum atomic E-state index is 12.6. The Kier molecular flexibility index (Phi) is 8.05. The summed E-state index contributed by atoms with van der Waals surface area (Å²) in [6.45, 7) is 10.2. The van der Waals surface area contributed by atoms with E-state index in [1.807, 2.05) is 13.8 Å². The van der Waals surface area contributed by atoms with E-state index >= 15 is 0 Å². The van der Waals surface area contributed by atoms with Gasteiger partial charge in [0.2, 0.25) is 0 Å². The molecule has 4 atom stereocenters. The molecule has 3 fully saturated rings. The van der Waals surface area contributed by atoms with Crippen molar-refractivity contribution in [2.75, 3.05) is 33.1 Å². The Bertz CT molecular complexity index is 1190. The third-order valence-electron chi connectivity index (χ3n) is 9.74. The van der Waals surface area contributed by atoms with Crippen LogP contribution in [-0.2, 0) is 26.1 Å². The molecular formula is C29H43NO7S. The lowest BCUT2D eigenvalue weighted by Crippen LogP contribution is -2.46. The van der Waals surface area contributed by atoms with E-state index in [2.05, 4.69) is 30.9 Å². The maximum Gasteiger partial charge on any atom is 0.265 e. The number of ether oxygens (including phenoxy) is 2. The zero-order valence-electron chi connectivity index (χ0n) is 23.6. The molecule has 8 nitrogen and oxygen atoms in total. The van der Waals surface area contributed by atoms with E-state index in [0.717, 1.165) is 43.9 Å². The number of ketones is 2. The molecule has 9 heteroatoms. The molecule has 5 rings (SSSR count). The summed E-state index contributed by atoms with van der Waals surface area (Å²) in [6.07, 6.45) is 4.61. The van der Waals surface area contributed by atoms with Crippen LogP contribution in [0.15, 0.2) is 12.1 Å². The van der Waals surface area contributed by atoms with Crippen LogP contribution in [0.4, 0.5) is 0 Å². The van der Waals surface area contributed by atoms with Gasteiger partial charge in [-0.1, -0.05) is 27.7 Å². The molecule has 2 aliphatic heterocycles. The minimum absolute atomic E-state index is 0.0152. The Labute approximate surface area is 227 Å². The van der Waals surface area contributed by atoms with Crippen molar-refractivity contribution in [3.05, 3.63) is 23.3 Å². The molecule has 0 radical (unpaired) electrons. The van der Waals surface area contributed by atoms with Crippen molar-refractivity contribution in [2.45, 2.75) is 72.3 Å². The lowest BCUT2D eigenvalue weighted by molar-refractivity contribution is -0.129. The average molecular weight is 550 g/mol. The van der Waals surface area contributed by atoms with Crippen molar-refractivity contribution in [3.8, 4) is 11.5 Å². The Balaban J connectivity index is 0.000000194. The van der Waals surface area contributed by atoms with Crippen LogP contribution in [-0.4, -0.2) is 62.5 Å². The van der Waals surface area contributed by atoms with Crippen LogP contribution in [0.2, 0.25) is 0 Å². The number of benzene rings is 1. The SMILES string of the molecule is CC1(C)[C@H]2CC[C@]1(CS(=O)(=O)O)C(=O)C2.COc1cc2c(cc1OC)[C@@H]1CC(=O)[C@@H](CC(C)C)CN1CC2. The molecule has 1 saturated heterocycles. The average Bonchev–Trinajstić information content (AvgIpc) is 3.17. The first-order chi connectivity index (χ1) is 17.7. The number of carbonyl (C=O) groups excluding carboxylic acids is 2. The Morgan fingerprint density at radius 1 is 1.11 bits per heavy atom. The summed E-state index contributed by atoms with van der Waals surface area (Å²) in [5, 5.41) is 0. The number of piperidine rings is 1. The molecule has 2 bridgehead atoms. The lowest BCUT2D eigenvalue weighted by atomic mass is 9.70. The van der Waals surface area contributed by atoms with E-state index in [4.69, 9.17) is 14.0 Å². The predicted molar refractivity (Wildman–Crippen MR) is 145 cm³/mol. The molecule has 38 heavy (non-hydrogen) atoms. The Hall–Kier alpha value is -1.97. The number of fused-ring (bicyclic) bond motifs is 5. The van der Waals surface area contributed by atoms with Crippen LogP contribution >= 0.6 is 0 Å². The van der Waals surface area contributed by atoms with Crippen LogP contribution in [0.25, 0.3) is 0 Å². The van der Waals surface area contributed by atoms with Crippen molar-refractivity contribution in [1.29, 1.82) is 0 Å². The van der Waals surface area contributed by atoms with Crippen LogP contribution in [0.3, 0.4) is 0 Å². The van der Waals surface area contributed by atoms with Gasteiger partial charge in [-0.25, -0.2) is 0 Å². The van der Waals surface area contributed by atoms with Crippen LogP contribution in [0.5, 0.6) is 11.5 Å². The molecule has 2 heterocycles. The molecule has 0 unspecified atom stereocenters. The molecular weight excluding hydrogens is 506 g/mol. The number of methoxy groups -OCH3 is 2. The van der Waals surface area contributed by atoms with Gasteiger partial charge in [0, 0.05) is 37.9 Å². The quantitative estimate of drug-likeness (QED) is 0.516. The summed E-state index contributed by atoms with van der Waals surface area (Å²) in [5.41, 5.74) is 1.41. The highest BCUT2D eigenvalue weighted by Crippen LogP contribution is 2.64. The zero-order chi connectivity index (χ0) is 28.0. The second-order valence-corrected chi connectivity index (χ2v) is 14.0. The zero-order valence-corrected chi connectivity index (χ0v) is 24.4. The topological polar surface area (TPSA) is 110 Å². The van der Waals surface area contributed by atoms with E-state index < -0.39 is 21.3 Å². The fraction of sp³-hybridized carbons (Fsp3) is 0.724. The molecule has 0 amide bonds. The van der Waals surface area contributed by atoms with E-state index in [9.17, 15) is 18.0 Å². The normalized spacial score (nSPS) is 29.9. The number of rotatable bonds is 6. The fourth-order valence-electron chi connectivity index (χ4n) is 7.47. The highest BCUT2D eigenvalue weighted by Gasteiger charge is 2.65. The van der Waals surface area contributed by atoms with Crippen molar-refractivity contribution >= 4 is 21.7 Å². The van der Waals surface area contributed by atoms with Gasteiger partial charge < -0.3 is 9.47 Å². The minimum atomic E-state index is -4.08. The Morgan fingerprint density at radius 3 is 2.29 bits per heavy atom. The number of Topliss-reactive ketones (excluding diaryl/α,β-unsaturated/α-hetero) is 2. The van der Waals surface area contributed by atoms with E-state index in [0.29, 0.717) is 31.0 Å². The fourth-order valence-corrected chi connectivity index (χ4v) is 8.77. The largest absolute Gasteiger partial charge is 0.493 e. The first-order valence-electron chi connectivity index (χ1n) is 13.7. The number of hydrogen-bond donors (Lipinski definition) is 1. The van der Waals surface area contributed by atoms with Gasteiger partial charge in [0.1, 0.15) is 11.6 Å². The van der Waals surface area contributed by atoms with Gasteiger partial charge in [-0.3, -0.25) is 19.0 Å². The summed E-state index contributed by atoms with van der Waals surface area (Å²) in [4.78, 5) is 27.0. The lowest BCUT2D eigenvalue weighted by Gasteiger charge is -2.43. The van der Waals surface area contributed by atoms with Crippen molar-refractivity contribution in [2.24, 2.45) is 28.6 Å². The first-order valence-corrected chi connectivity index (χ1v) is 15.3. The number of nitrogens with zero attached hydrogens (tertiary/aromatic N) is 1. The van der Waals surface area contributed by atoms with E-state index in [-0.39, 0.29) is 29.1 Å². The molecule has 0 aromatic heterocycles.